The second kappa shape index (κ2) is 5.05. The van der Waals surface area contributed by atoms with Gasteiger partial charge in [-0.2, -0.15) is 0 Å². The molecule has 0 saturated carbocycles. The lowest BCUT2D eigenvalue weighted by Gasteiger charge is -2.37. The van der Waals surface area contributed by atoms with Crippen LogP contribution in [-0.2, 0) is 6.54 Å². The fourth-order valence-electron chi connectivity index (χ4n) is 1.85. The van der Waals surface area contributed by atoms with Crippen LogP contribution in [0.2, 0.25) is 0 Å². The molecule has 0 aromatic carbocycles. The molecule has 0 amide bonds. The summed E-state index contributed by atoms with van der Waals surface area (Å²) < 4.78 is 0. The minimum atomic E-state index is 0.234. The first kappa shape index (κ1) is 14.0. The molecule has 2 N–H and O–H groups in total. The third-order valence-corrected chi connectivity index (χ3v) is 3.53. The first-order valence-electron chi connectivity index (χ1n) is 6.15. The summed E-state index contributed by atoms with van der Waals surface area (Å²) in [4.78, 5) is 6.61. The molecule has 1 aromatic rings. The molecule has 0 radical (unpaired) electrons. The van der Waals surface area contributed by atoms with Crippen LogP contribution in [0.5, 0.6) is 0 Å². The van der Waals surface area contributed by atoms with Gasteiger partial charge >= 0.3 is 0 Å². The summed E-state index contributed by atoms with van der Waals surface area (Å²) in [5.74, 6) is 0. The first-order chi connectivity index (χ1) is 7.77. The van der Waals surface area contributed by atoms with Crippen molar-refractivity contribution in [3.63, 3.8) is 0 Å². The number of anilines is 1. The van der Waals surface area contributed by atoms with Gasteiger partial charge in [-0.25, -0.2) is 0 Å². The number of pyridine rings is 1. The summed E-state index contributed by atoms with van der Waals surface area (Å²) in [7, 11) is 2.13. The van der Waals surface area contributed by atoms with Crippen molar-refractivity contribution in [3.05, 3.63) is 23.5 Å². The van der Waals surface area contributed by atoms with Crippen LogP contribution in [0, 0.1) is 12.3 Å². The molecule has 1 unspecified atom stereocenters. The maximum Gasteiger partial charge on any atom is 0.0445 e. The van der Waals surface area contributed by atoms with Crippen LogP contribution in [0.25, 0.3) is 0 Å². The van der Waals surface area contributed by atoms with E-state index < -0.39 is 0 Å². The normalized spacial score (nSPS) is 13.6. The molecule has 1 aromatic heterocycles. The average molecular weight is 235 g/mol. The van der Waals surface area contributed by atoms with Crippen molar-refractivity contribution >= 4 is 5.69 Å². The van der Waals surface area contributed by atoms with E-state index in [0.717, 1.165) is 11.3 Å². The second-order valence-corrected chi connectivity index (χ2v) is 5.81. The Morgan fingerprint density at radius 3 is 2.47 bits per heavy atom. The fraction of sp³-hybridized carbons (Fsp3) is 0.643. The molecule has 1 heterocycles. The third-order valence-electron chi connectivity index (χ3n) is 3.53. The maximum atomic E-state index is 5.78. The van der Waals surface area contributed by atoms with Crippen LogP contribution in [0.3, 0.4) is 0 Å². The van der Waals surface area contributed by atoms with Gasteiger partial charge in [-0.05, 0) is 25.3 Å². The number of aromatic nitrogens is 1. The van der Waals surface area contributed by atoms with Crippen LogP contribution in [0.1, 0.15) is 39.0 Å². The van der Waals surface area contributed by atoms with E-state index in [-0.39, 0.29) is 5.41 Å². The maximum absolute atomic E-state index is 5.78. The highest BCUT2D eigenvalue weighted by Gasteiger charge is 2.25. The van der Waals surface area contributed by atoms with Crippen LogP contribution < -0.4 is 10.6 Å². The van der Waals surface area contributed by atoms with Crippen LogP contribution >= 0.6 is 0 Å². The van der Waals surface area contributed by atoms with Crippen molar-refractivity contribution in [2.24, 2.45) is 11.1 Å². The molecule has 17 heavy (non-hydrogen) atoms. The van der Waals surface area contributed by atoms with E-state index in [4.69, 9.17) is 5.73 Å². The Morgan fingerprint density at radius 1 is 1.41 bits per heavy atom. The van der Waals surface area contributed by atoms with Crippen LogP contribution in [0.15, 0.2) is 12.3 Å². The summed E-state index contributed by atoms with van der Waals surface area (Å²) in [6, 6.07) is 2.55. The average Bonchev–Trinajstić information content (AvgIpc) is 2.25. The zero-order valence-corrected chi connectivity index (χ0v) is 11.9. The highest BCUT2D eigenvalue weighted by molar-refractivity contribution is 5.54. The number of nitrogens with two attached hydrogens (primary N) is 1. The van der Waals surface area contributed by atoms with Crippen molar-refractivity contribution < 1.29 is 0 Å². The molecule has 0 fully saturated rings. The van der Waals surface area contributed by atoms with Gasteiger partial charge in [-0.1, -0.05) is 20.8 Å². The highest BCUT2D eigenvalue weighted by Crippen LogP contribution is 2.29. The summed E-state index contributed by atoms with van der Waals surface area (Å²) in [6.07, 6.45) is 1.89. The van der Waals surface area contributed by atoms with E-state index in [1.807, 2.05) is 13.1 Å². The van der Waals surface area contributed by atoms with Crippen molar-refractivity contribution in [1.82, 2.24) is 4.98 Å². The van der Waals surface area contributed by atoms with Crippen molar-refractivity contribution in [3.8, 4) is 0 Å². The molecule has 96 valence electrons. The van der Waals surface area contributed by atoms with Gasteiger partial charge in [-0.15, -0.1) is 0 Å². The van der Waals surface area contributed by atoms with Gasteiger partial charge in [0.15, 0.2) is 0 Å². The molecule has 3 nitrogen and oxygen atoms in total. The van der Waals surface area contributed by atoms with Gasteiger partial charge in [0.25, 0.3) is 0 Å². The molecule has 0 bridgehead atoms. The van der Waals surface area contributed by atoms with E-state index in [2.05, 4.69) is 50.7 Å². The lowest BCUT2D eigenvalue weighted by atomic mass is 9.86. The van der Waals surface area contributed by atoms with E-state index in [9.17, 15) is 0 Å². The van der Waals surface area contributed by atoms with E-state index >= 15 is 0 Å². The molecule has 1 atom stereocenters. The van der Waals surface area contributed by atoms with Crippen molar-refractivity contribution in [2.45, 2.75) is 47.2 Å². The first-order valence-corrected chi connectivity index (χ1v) is 6.15. The van der Waals surface area contributed by atoms with Gasteiger partial charge in [0, 0.05) is 42.8 Å². The molecular weight excluding hydrogens is 210 g/mol. The molecule has 3 heteroatoms. The second-order valence-electron chi connectivity index (χ2n) is 5.81. The molecule has 0 saturated heterocycles. The molecule has 0 aliphatic carbocycles. The predicted molar refractivity (Wildman–Crippen MR) is 74.2 cm³/mol. The topological polar surface area (TPSA) is 42.1 Å². The molecule has 0 aliphatic rings. The lowest BCUT2D eigenvalue weighted by molar-refractivity contribution is 0.329. The monoisotopic (exact) mass is 235 g/mol. The van der Waals surface area contributed by atoms with E-state index in [1.165, 1.54) is 5.69 Å². The molecule has 1 rings (SSSR count). The quantitative estimate of drug-likeness (QED) is 0.876. The number of rotatable bonds is 3. The summed E-state index contributed by atoms with van der Waals surface area (Å²) in [5.41, 5.74) is 9.35. The predicted octanol–water partition coefficient (Wildman–Crippen LogP) is 2.72. The Labute approximate surface area is 105 Å². The Balaban J connectivity index is 3.10. The lowest BCUT2D eigenvalue weighted by Crippen LogP contribution is -2.40. The minimum absolute atomic E-state index is 0.234. The Bertz CT molecular complexity index is 380. The van der Waals surface area contributed by atoms with Gasteiger partial charge in [0.05, 0.1) is 0 Å². The van der Waals surface area contributed by atoms with Gasteiger partial charge in [0.2, 0.25) is 0 Å². The largest absolute Gasteiger partial charge is 0.371 e. The standard InChI is InChI=1S/C14H25N3/c1-10-7-13(12(8-15)9-16-10)17(6)11(2)14(3,4)5/h7,9,11H,8,15H2,1-6H3. The zero-order chi connectivity index (χ0) is 13.2. The molecule has 0 spiro atoms. The van der Waals surface area contributed by atoms with E-state index in [0.29, 0.717) is 12.6 Å². The Kier molecular flexibility index (Phi) is 4.15. The minimum Gasteiger partial charge on any atom is -0.371 e. The van der Waals surface area contributed by atoms with Crippen molar-refractivity contribution in [1.29, 1.82) is 0 Å². The number of aryl methyl sites for hydroxylation is 1. The SMILES string of the molecule is Cc1cc(N(C)C(C)C(C)(C)C)c(CN)cn1. The fourth-order valence-corrected chi connectivity index (χ4v) is 1.85. The van der Waals surface area contributed by atoms with Crippen LogP contribution in [0.4, 0.5) is 5.69 Å². The smallest absolute Gasteiger partial charge is 0.0445 e. The Morgan fingerprint density at radius 2 is 2.00 bits per heavy atom. The molecular formula is C14H25N3. The van der Waals surface area contributed by atoms with Crippen molar-refractivity contribution in [2.75, 3.05) is 11.9 Å². The summed E-state index contributed by atoms with van der Waals surface area (Å²) >= 11 is 0. The highest BCUT2D eigenvalue weighted by atomic mass is 15.1. The number of hydrogen-bond donors (Lipinski definition) is 1. The van der Waals surface area contributed by atoms with E-state index in [1.54, 1.807) is 0 Å². The number of hydrogen-bond acceptors (Lipinski definition) is 3. The zero-order valence-electron chi connectivity index (χ0n) is 11.9. The van der Waals surface area contributed by atoms with Gasteiger partial charge in [0.1, 0.15) is 0 Å². The van der Waals surface area contributed by atoms with Gasteiger partial charge in [-0.3, -0.25) is 4.98 Å². The summed E-state index contributed by atoms with van der Waals surface area (Å²) in [6.45, 7) is 11.6. The Hall–Kier alpha value is -1.09. The molecule has 0 aliphatic heterocycles. The summed E-state index contributed by atoms with van der Waals surface area (Å²) in [5, 5.41) is 0. The third kappa shape index (κ3) is 3.19. The number of nitrogens with zero attached hydrogens (tertiary/aromatic N) is 2. The van der Waals surface area contributed by atoms with Crippen LogP contribution in [-0.4, -0.2) is 18.1 Å². The van der Waals surface area contributed by atoms with Gasteiger partial charge < -0.3 is 10.6 Å².